The van der Waals surface area contributed by atoms with Crippen molar-refractivity contribution < 1.29 is 18.3 Å². The Morgan fingerprint density at radius 3 is 2.54 bits per heavy atom. The van der Waals surface area contributed by atoms with Crippen molar-refractivity contribution in [3.8, 4) is 23.0 Å². The fraction of sp³-hybridized carbons (Fsp3) is 0.200. The van der Waals surface area contributed by atoms with E-state index in [1.807, 2.05) is 6.92 Å². The number of aromatic nitrogens is 2. The van der Waals surface area contributed by atoms with E-state index in [1.54, 1.807) is 30.3 Å². The number of halogens is 2. The molecule has 0 aliphatic rings. The van der Waals surface area contributed by atoms with Crippen molar-refractivity contribution in [2.75, 3.05) is 7.11 Å². The molecule has 0 atom stereocenters. The molecule has 4 nitrogen and oxygen atoms in total. The lowest BCUT2D eigenvalue weighted by Crippen LogP contribution is -2.02. The molecule has 6 heteroatoms. The van der Waals surface area contributed by atoms with Crippen molar-refractivity contribution in [2.24, 2.45) is 0 Å². The van der Waals surface area contributed by atoms with Crippen LogP contribution in [-0.4, -0.2) is 17.1 Å². The molecule has 0 saturated carbocycles. The summed E-state index contributed by atoms with van der Waals surface area (Å²) in [5.74, 6) is 0.111. The average molecular weight is 356 g/mol. The molecule has 26 heavy (non-hydrogen) atoms. The fourth-order valence-corrected chi connectivity index (χ4v) is 2.44. The van der Waals surface area contributed by atoms with Gasteiger partial charge in [0.15, 0.2) is 17.4 Å². The molecule has 1 heterocycles. The van der Waals surface area contributed by atoms with Crippen LogP contribution < -0.4 is 9.47 Å². The lowest BCUT2D eigenvalue weighted by molar-refractivity contribution is 0.292. The van der Waals surface area contributed by atoms with Gasteiger partial charge in [0.05, 0.1) is 7.11 Å². The minimum Gasteiger partial charge on any atom is -0.494 e. The molecular weight excluding hydrogens is 338 g/mol. The predicted molar refractivity (Wildman–Crippen MR) is 94.1 cm³/mol. The summed E-state index contributed by atoms with van der Waals surface area (Å²) < 4.78 is 37.9. The molecule has 0 N–H and O–H groups in total. The van der Waals surface area contributed by atoms with Crippen molar-refractivity contribution in [3.63, 3.8) is 0 Å². The average Bonchev–Trinajstić information content (AvgIpc) is 2.66. The minimum absolute atomic E-state index is 0.143. The summed E-state index contributed by atoms with van der Waals surface area (Å²) in [5, 5.41) is 0. The first kappa shape index (κ1) is 17.8. The van der Waals surface area contributed by atoms with Gasteiger partial charge in [-0.25, -0.2) is 13.8 Å². The van der Waals surface area contributed by atoms with E-state index in [2.05, 4.69) is 9.97 Å². The first-order valence-corrected chi connectivity index (χ1v) is 8.18. The van der Waals surface area contributed by atoms with Crippen molar-refractivity contribution in [3.05, 3.63) is 71.4 Å². The minimum atomic E-state index is -0.453. The Morgan fingerprint density at radius 2 is 1.85 bits per heavy atom. The molecule has 3 rings (SSSR count). The van der Waals surface area contributed by atoms with E-state index < -0.39 is 5.82 Å². The van der Waals surface area contributed by atoms with E-state index in [0.29, 0.717) is 29.3 Å². The summed E-state index contributed by atoms with van der Waals surface area (Å²) in [4.78, 5) is 8.77. The van der Waals surface area contributed by atoms with E-state index in [9.17, 15) is 8.78 Å². The molecule has 0 radical (unpaired) electrons. The molecule has 1 aromatic heterocycles. The number of methoxy groups -OCH3 is 1. The Bertz CT molecular complexity index is 916. The topological polar surface area (TPSA) is 44.2 Å². The first-order valence-electron chi connectivity index (χ1n) is 8.18. The summed E-state index contributed by atoms with van der Waals surface area (Å²) in [6, 6.07) is 12.4. The van der Waals surface area contributed by atoms with Crippen LogP contribution in [0.2, 0.25) is 0 Å². The zero-order chi connectivity index (χ0) is 18.5. The monoisotopic (exact) mass is 356 g/mol. The molecule has 0 spiro atoms. The molecular formula is C20H18F2N2O2. The SMILES string of the molecule is CCc1cc(OCc2ccc(OC)c(F)c2)nc(-c2cccc(F)c2)n1. The molecule has 0 fully saturated rings. The van der Waals surface area contributed by atoms with Gasteiger partial charge in [0, 0.05) is 17.3 Å². The highest BCUT2D eigenvalue weighted by molar-refractivity contribution is 5.55. The molecule has 0 bridgehead atoms. The van der Waals surface area contributed by atoms with Crippen LogP contribution in [-0.2, 0) is 13.0 Å². The number of aryl methyl sites for hydroxylation is 1. The van der Waals surface area contributed by atoms with Crippen molar-refractivity contribution >= 4 is 0 Å². The number of hydrogen-bond acceptors (Lipinski definition) is 4. The quantitative estimate of drug-likeness (QED) is 0.649. The Kier molecular flexibility index (Phi) is 5.41. The number of nitrogens with zero attached hydrogens (tertiary/aromatic N) is 2. The van der Waals surface area contributed by atoms with E-state index in [1.165, 1.54) is 25.3 Å². The number of rotatable bonds is 6. The van der Waals surface area contributed by atoms with Crippen LogP contribution in [0.5, 0.6) is 11.6 Å². The zero-order valence-corrected chi connectivity index (χ0v) is 14.5. The van der Waals surface area contributed by atoms with Gasteiger partial charge in [0.1, 0.15) is 12.4 Å². The standard InChI is InChI=1S/C20H18F2N2O2/c1-3-16-11-19(24-20(23-16)14-5-4-6-15(21)10-14)26-12-13-7-8-18(25-2)17(22)9-13/h4-11H,3,12H2,1-2H3. The lowest BCUT2D eigenvalue weighted by atomic mass is 10.2. The van der Waals surface area contributed by atoms with Crippen molar-refractivity contribution in [1.29, 1.82) is 0 Å². The van der Waals surface area contributed by atoms with Gasteiger partial charge < -0.3 is 9.47 Å². The van der Waals surface area contributed by atoms with Gasteiger partial charge >= 0.3 is 0 Å². The summed E-state index contributed by atoms with van der Waals surface area (Å²) >= 11 is 0. The van der Waals surface area contributed by atoms with Gasteiger partial charge in [-0.2, -0.15) is 4.98 Å². The highest BCUT2D eigenvalue weighted by Gasteiger charge is 2.09. The second kappa shape index (κ2) is 7.91. The Balaban J connectivity index is 1.83. The zero-order valence-electron chi connectivity index (χ0n) is 14.5. The highest BCUT2D eigenvalue weighted by atomic mass is 19.1. The molecule has 134 valence electrons. The van der Waals surface area contributed by atoms with E-state index >= 15 is 0 Å². The summed E-state index contributed by atoms with van der Waals surface area (Å²) in [5.41, 5.74) is 1.99. The third kappa shape index (κ3) is 4.14. The van der Waals surface area contributed by atoms with Gasteiger partial charge in [-0.15, -0.1) is 0 Å². The van der Waals surface area contributed by atoms with Gasteiger partial charge in [-0.1, -0.05) is 25.1 Å². The number of hydrogen-bond donors (Lipinski definition) is 0. The molecule has 0 saturated heterocycles. The van der Waals surface area contributed by atoms with Crippen LogP contribution in [0.3, 0.4) is 0 Å². The number of ether oxygens (including phenoxy) is 2. The maximum atomic E-state index is 13.8. The smallest absolute Gasteiger partial charge is 0.217 e. The van der Waals surface area contributed by atoms with Crippen LogP contribution in [0.1, 0.15) is 18.2 Å². The van der Waals surface area contributed by atoms with Crippen molar-refractivity contribution in [2.45, 2.75) is 20.0 Å². The van der Waals surface area contributed by atoms with E-state index in [4.69, 9.17) is 9.47 Å². The Labute approximate surface area is 150 Å². The lowest BCUT2D eigenvalue weighted by Gasteiger charge is -2.10. The second-order valence-electron chi connectivity index (χ2n) is 5.64. The van der Waals surface area contributed by atoms with Crippen LogP contribution >= 0.6 is 0 Å². The fourth-order valence-electron chi connectivity index (χ4n) is 2.44. The summed E-state index contributed by atoms with van der Waals surface area (Å²) in [6.45, 7) is 2.10. The maximum Gasteiger partial charge on any atom is 0.217 e. The molecule has 3 aromatic rings. The Morgan fingerprint density at radius 1 is 1.00 bits per heavy atom. The van der Waals surface area contributed by atoms with Gasteiger partial charge in [0.25, 0.3) is 0 Å². The van der Waals surface area contributed by atoms with Crippen molar-refractivity contribution in [1.82, 2.24) is 9.97 Å². The third-order valence-corrected chi connectivity index (χ3v) is 3.80. The van der Waals surface area contributed by atoms with Gasteiger partial charge in [-0.3, -0.25) is 0 Å². The van der Waals surface area contributed by atoms with E-state index in [0.717, 1.165) is 5.69 Å². The Hall–Kier alpha value is -3.02. The molecule has 0 aliphatic heterocycles. The van der Waals surface area contributed by atoms with Crippen LogP contribution in [0.4, 0.5) is 8.78 Å². The molecule has 0 amide bonds. The summed E-state index contributed by atoms with van der Waals surface area (Å²) in [6.07, 6.45) is 0.679. The van der Waals surface area contributed by atoms with Gasteiger partial charge in [-0.05, 0) is 36.2 Å². The largest absolute Gasteiger partial charge is 0.494 e. The van der Waals surface area contributed by atoms with Crippen LogP contribution in [0, 0.1) is 11.6 Å². The number of benzene rings is 2. The normalized spacial score (nSPS) is 10.6. The first-order chi connectivity index (χ1) is 12.6. The van der Waals surface area contributed by atoms with Crippen LogP contribution in [0.25, 0.3) is 11.4 Å². The maximum absolute atomic E-state index is 13.8. The molecule has 0 unspecified atom stereocenters. The molecule has 0 aliphatic carbocycles. The van der Waals surface area contributed by atoms with Crippen LogP contribution in [0.15, 0.2) is 48.5 Å². The highest BCUT2D eigenvalue weighted by Crippen LogP contribution is 2.22. The third-order valence-electron chi connectivity index (χ3n) is 3.80. The molecule has 2 aromatic carbocycles. The van der Waals surface area contributed by atoms with E-state index in [-0.39, 0.29) is 18.2 Å². The van der Waals surface area contributed by atoms with Gasteiger partial charge in [0.2, 0.25) is 5.88 Å². The predicted octanol–water partition coefficient (Wildman–Crippen LogP) is 4.57. The summed E-state index contributed by atoms with van der Waals surface area (Å²) in [7, 11) is 1.41. The second-order valence-corrected chi connectivity index (χ2v) is 5.64.